The summed E-state index contributed by atoms with van der Waals surface area (Å²) in [5.74, 6) is 1.12. The first-order valence-electron chi connectivity index (χ1n) is 4.97. The zero-order valence-corrected chi connectivity index (χ0v) is 9.51. The molecule has 0 aromatic carbocycles. The molecule has 1 aliphatic rings. The maximum absolute atomic E-state index is 11.2. The SMILES string of the molecule is CC(C)C1NC(=O)NC1=NC(C)(C)C. The van der Waals surface area contributed by atoms with Gasteiger partial charge in [-0.15, -0.1) is 0 Å². The third-order valence-corrected chi connectivity index (χ3v) is 1.95. The molecule has 0 aromatic rings. The first kappa shape index (κ1) is 11.0. The van der Waals surface area contributed by atoms with Gasteiger partial charge in [-0.3, -0.25) is 10.3 Å². The standard InChI is InChI=1S/C10H19N3O/c1-6(2)7-8(12-9(14)11-7)13-10(3,4)5/h6-7H,1-5H3,(H2,11,12,13,14). The highest BCUT2D eigenvalue weighted by Crippen LogP contribution is 2.13. The molecule has 4 heteroatoms. The molecule has 0 saturated carbocycles. The van der Waals surface area contributed by atoms with E-state index in [9.17, 15) is 4.79 Å². The summed E-state index contributed by atoms with van der Waals surface area (Å²) in [5, 5.41) is 5.59. The molecule has 1 heterocycles. The van der Waals surface area contributed by atoms with Gasteiger partial charge in [0.05, 0.1) is 11.6 Å². The molecule has 2 amide bonds. The Labute approximate surface area is 85.2 Å². The van der Waals surface area contributed by atoms with E-state index in [-0.39, 0.29) is 17.6 Å². The minimum absolute atomic E-state index is 0.0294. The third kappa shape index (κ3) is 2.72. The molecular weight excluding hydrogens is 178 g/mol. The van der Waals surface area contributed by atoms with Crippen LogP contribution < -0.4 is 10.6 Å². The summed E-state index contributed by atoms with van der Waals surface area (Å²) in [4.78, 5) is 15.6. The minimum atomic E-state index is -0.151. The van der Waals surface area contributed by atoms with E-state index >= 15 is 0 Å². The van der Waals surface area contributed by atoms with E-state index in [0.717, 1.165) is 5.84 Å². The van der Waals surface area contributed by atoms with E-state index in [2.05, 4.69) is 29.5 Å². The first-order valence-corrected chi connectivity index (χ1v) is 4.97. The van der Waals surface area contributed by atoms with E-state index in [1.165, 1.54) is 0 Å². The second kappa shape index (κ2) is 3.59. The van der Waals surface area contributed by atoms with Crippen molar-refractivity contribution in [3.05, 3.63) is 0 Å². The van der Waals surface area contributed by atoms with Gasteiger partial charge in [-0.05, 0) is 26.7 Å². The van der Waals surface area contributed by atoms with Crippen molar-refractivity contribution in [1.82, 2.24) is 10.6 Å². The molecule has 0 spiro atoms. The molecular formula is C10H19N3O. The number of carbonyl (C=O) groups excluding carboxylic acids is 1. The number of aliphatic imine (C=N–C) groups is 1. The summed E-state index contributed by atoms with van der Waals surface area (Å²) < 4.78 is 0. The maximum atomic E-state index is 11.2. The highest BCUT2D eigenvalue weighted by molar-refractivity contribution is 6.07. The fourth-order valence-electron chi connectivity index (χ4n) is 1.38. The largest absolute Gasteiger partial charge is 0.328 e. The van der Waals surface area contributed by atoms with Crippen molar-refractivity contribution in [3.8, 4) is 0 Å². The summed E-state index contributed by atoms with van der Waals surface area (Å²) >= 11 is 0. The van der Waals surface area contributed by atoms with Crippen LogP contribution in [0.1, 0.15) is 34.6 Å². The number of nitrogens with one attached hydrogen (secondary N) is 2. The summed E-state index contributed by atoms with van der Waals surface area (Å²) in [6.45, 7) is 10.2. The normalized spacial score (nSPS) is 25.4. The Kier molecular flexibility index (Phi) is 2.83. The second-order valence-electron chi connectivity index (χ2n) is 4.99. The molecule has 0 radical (unpaired) electrons. The van der Waals surface area contributed by atoms with Gasteiger partial charge in [0, 0.05) is 0 Å². The Balaban J connectivity index is 2.87. The van der Waals surface area contributed by atoms with Gasteiger partial charge < -0.3 is 5.32 Å². The lowest BCUT2D eigenvalue weighted by Gasteiger charge is -2.18. The van der Waals surface area contributed by atoms with Crippen LogP contribution >= 0.6 is 0 Å². The van der Waals surface area contributed by atoms with Crippen LogP contribution in [-0.4, -0.2) is 23.4 Å². The van der Waals surface area contributed by atoms with Gasteiger partial charge >= 0.3 is 6.03 Å². The van der Waals surface area contributed by atoms with E-state index in [0.29, 0.717) is 5.92 Å². The Morgan fingerprint density at radius 3 is 2.36 bits per heavy atom. The molecule has 1 aliphatic heterocycles. The number of hydrogen-bond donors (Lipinski definition) is 2. The zero-order chi connectivity index (χ0) is 10.9. The number of amidine groups is 1. The van der Waals surface area contributed by atoms with Gasteiger partial charge in [-0.1, -0.05) is 13.8 Å². The molecule has 1 atom stereocenters. The van der Waals surface area contributed by atoms with Crippen LogP contribution in [0.25, 0.3) is 0 Å². The van der Waals surface area contributed by atoms with Crippen molar-refractivity contribution in [2.45, 2.75) is 46.2 Å². The topological polar surface area (TPSA) is 53.5 Å². The average molecular weight is 197 g/mol. The fraction of sp³-hybridized carbons (Fsp3) is 0.800. The number of carbonyl (C=O) groups is 1. The Bertz CT molecular complexity index is 263. The number of nitrogens with zero attached hydrogens (tertiary/aromatic N) is 1. The molecule has 1 fully saturated rings. The monoisotopic (exact) mass is 197 g/mol. The van der Waals surface area contributed by atoms with Gasteiger partial charge in [0.1, 0.15) is 5.84 Å². The lowest BCUT2D eigenvalue weighted by atomic mass is 10.0. The minimum Gasteiger partial charge on any atom is -0.328 e. The Morgan fingerprint density at radius 2 is 1.93 bits per heavy atom. The lowest BCUT2D eigenvalue weighted by molar-refractivity contribution is 0.246. The van der Waals surface area contributed by atoms with Gasteiger partial charge in [0.2, 0.25) is 0 Å². The van der Waals surface area contributed by atoms with Crippen LogP contribution in [0.3, 0.4) is 0 Å². The maximum Gasteiger partial charge on any atom is 0.320 e. The molecule has 14 heavy (non-hydrogen) atoms. The van der Waals surface area contributed by atoms with Crippen molar-refractivity contribution in [3.63, 3.8) is 0 Å². The van der Waals surface area contributed by atoms with Gasteiger partial charge in [0.15, 0.2) is 0 Å². The highest BCUT2D eigenvalue weighted by Gasteiger charge is 2.30. The van der Waals surface area contributed by atoms with Crippen molar-refractivity contribution in [2.24, 2.45) is 10.9 Å². The zero-order valence-electron chi connectivity index (χ0n) is 9.51. The predicted molar refractivity (Wildman–Crippen MR) is 57.5 cm³/mol. The fourth-order valence-corrected chi connectivity index (χ4v) is 1.38. The smallest absolute Gasteiger partial charge is 0.320 e. The van der Waals surface area contributed by atoms with Crippen LogP contribution in [0.2, 0.25) is 0 Å². The lowest BCUT2D eigenvalue weighted by Crippen LogP contribution is -2.35. The summed E-state index contributed by atoms with van der Waals surface area (Å²) in [5.41, 5.74) is -0.151. The van der Waals surface area contributed by atoms with Gasteiger partial charge in [-0.2, -0.15) is 0 Å². The van der Waals surface area contributed by atoms with Crippen molar-refractivity contribution in [2.75, 3.05) is 0 Å². The van der Waals surface area contributed by atoms with Crippen LogP contribution in [0, 0.1) is 5.92 Å². The van der Waals surface area contributed by atoms with Gasteiger partial charge in [-0.25, -0.2) is 4.79 Å². The summed E-state index contributed by atoms with van der Waals surface area (Å²) in [7, 11) is 0. The molecule has 2 N–H and O–H groups in total. The number of rotatable bonds is 1. The molecule has 80 valence electrons. The molecule has 0 bridgehead atoms. The van der Waals surface area contributed by atoms with E-state index in [1.807, 2.05) is 20.8 Å². The molecule has 1 saturated heterocycles. The van der Waals surface area contributed by atoms with Crippen molar-refractivity contribution >= 4 is 11.9 Å². The highest BCUT2D eigenvalue weighted by atomic mass is 16.2. The van der Waals surface area contributed by atoms with Crippen LogP contribution in [0.15, 0.2) is 4.99 Å². The van der Waals surface area contributed by atoms with Crippen molar-refractivity contribution in [1.29, 1.82) is 0 Å². The third-order valence-electron chi connectivity index (χ3n) is 1.95. The second-order valence-corrected chi connectivity index (χ2v) is 4.99. The van der Waals surface area contributed by atoms with E-state index in [1.54, 1.807) is 0 Å². The number of urea groups is 1. The quantitative estimate of drug-likeness (QED) is 0.658. The molecule has 0 aliphatic carbocycles. The Morgan fingerprint density at radius 1 is 1.36 bits per heavy atom. The number of hydrogen-bond acceptors (Lipinski definition) is 2. The first-order chi connectivity index (χ1) is 6.29. The number of amides is 2. The van der Waals surface area contributed by atoms with Gasteiger partial charge in [0.25, 0.3) is 0 Å². The summed E-state index contributed by atoms with van der Waals surface area (Å²) in [6, 6.07) is -0.117. The average Bonchev–Trinajstić information content (AvgIpc) is 2.27. The van der Waals surface area contributed by atoms with Crippen LogP contribution in [0.4, 0.5) is 4.79 Å². The van der Waals surface area contributed by atoms with Crippen LogP contribution in [-0.2, 0) is 0 Å². The van der Waals surface area contributed by atoms with E-state index < -0.39 is 0 Å². The van der Waals surface area contributed by atoms with Crippen LogP contribution in [0.5, 0.6) is 0 Å². The molecule has 1 rings (SSSR count). The molecule has 0 aromatic heterocycles. The Hall–Kier alpha value is -1.06. The molecule has 4 nitrogen and oxygen atoms in total. The molecule has 1 unspecified atom stereocenters. The summed E-state index contributed by atoms with van der Waals surface area (Å²) in [6.07, 6.45) is 0. The van der Waals surface area contributed by atoms with Crippen molar-refractivity contribution < 1.29 is 4.79 Å². The predicted octanol–water partition coefficient (Wildman–Crippen LogP) is 1.52. The van der Waals surface area contributed by atoms with E-state index in [4.69, 9.17) is 0 Å².